The lowest BCUT2D eigenvalue weighted by molar-refractivity contribution is 0.0699. The number of fused-ring (bicyclic) bond motifs is 1. The molecule has 0 spiro atoms. The summed E-state index contributed by atoms with van der Waals surface area (Å²) in [6, 6.07) is 5.25. The maximum absolute atomic E-state index is 10.8. The van der Waals surface area contributed by atoms with E-state index in [4.69, 9.17) is 5.11 Å². The third-order valence-corrected chi connectivity index (χ3v) is 2.79. The number of para-hydroxylation sites is 1. The Morgan fingerprint density at radius 1 is 1.46 bits per heavy atom. The van der Waals surface area contributed by atoms with Crippen LogP contribution in [0.4, 0.5) is 0 Å². The van der Waals surface area contributed by atoms with E-state index in [0.717, 1.165) is 8.96 Å². The van der Waals surface area contributed by atoms with E-state index in [1.165, 1.54) is 0 Å². The van der Waals surface area contributed by atoms with E-state index in [0.29, 0.717) is 11.1 Å². The summed E-state index contributed by atoms with van der Waals surface area (Å²) in [5.41, 5.74) is 1.01. The van der Waals surface area contributed by atoms with Crippen LogP contribution in [0.25, 0.3) is 10.9 Å². The molecular formula is C9H6INO2. The number of aromatic carboxylic acids is 1. The number of carboxylic acids is 1. The fourth-order valence-corrected chi connectivity index (χ4v) is 1.90. The van der Waals surface area contributed by atoms with Gasteiger partial charge in [0.15, 0.2) is 0 Å². The molecule has 2 aromatic rings. The summed E-state index contributed by atoms with van der Waals surface area (Å²) in [5.74, 6) is -0.899. The Balaban J connectivity index is 2.84. The molecule has 1 aromatic carbocycles. The van der Waals surface area contributed by atoms with Crippen molar-refractivity contribution in [3.8, 4) is 0 Å². The van der Waals surface area contributed by atoms with Gasteiger partial charge in [-0.05, 0) is 28.7 Å². The van der Waals surface area contributed by atoms with E-state index in [9.17, 15) is 4.79 Å². The minimum atomic E-state index is -0.899. The Morgan fingerprint density at radius 3 is 2.92 bits per heavy atom. The molecule has 0 saturated carbocycles. The quantitative estimate of drug-likeness (QED) is 0.792. The van der Waals surface area contributed by atoms with Gasteiger partial charge in [0.25, 0.3) is 0 Å². The number of carboxylic acid groups (broad SMARTS) is 1. The third kappa shape index (κ3) is 1.31. The molecular weight excluding hydrogens is 281 g/mol. The van der Waals surface area contributed by atoms with Gasteiger partial charge in [-0.25, -0.2) is 4.79 Å². The summed E-state index contributed by atoms with van der Waals surface area (Å²) < 4.78 is 1.04. The number of benzene rings is 1. The number of hydrogen-bond donors (Lipinski definition) is 2. The first-order chi connectivity index (χ1) is 6.20. The lowest BCUT2D eigenvalue weighted by atomic mass is 10.1. The number of hydrogen-bond acceptors (Lipinski definition) is 1. The standard InChI is InChI=1S/C9H6INO2/c10-7-4-11-8-5(7)2-1-3-6(8)9(12)13/h1-4,11H,(H,12,13). The number of halogens is 1. The van der Waals surface area contributed by atoms with Gasteiger partial charge in [-0.1, -0.05) is 12.1 Å². The number of nitrogens with one attached hydrogen (secondary N) is 1. The summed E-state index contributed by atoms with van der Waals surface area (Å²) in [6.07, 6.45) is 1.80. The zero-order valence-corrected chi connectivity index (χ0v) is 8.70. The molecule has 2 rings (SSSR count). The number of aromatic amines is 1. The molecule has 1 heterocycles. The molecule has 0 aliphatic rings. The summed E-state index contributed by atoms with van der Waals surface area (Å²) in [7, 11) is 0. The first-order valence-corrected chi connectivity index (χ1v) is 4.77. The van der Waals surface area contributed by atoms with E-state index in [-0.39, 0.29) is 0 Å². The maximum Gasteiger partial charge on any atom is 0.337 e. The van der Waals surface area contributed by atoms with E-state index in [1.807, 2.05) is 6.07 Å². The molecule has 0 bridgehead atoms. The topological polar surface area (TPSA) is 53.1 Å². The normalized spacial score (nSPS) is 10.5. The first kappa shape index (κ1) is 8.55. The van der Waals surface area contributed by atoms with Crippen molar-refractivity contribution in [3.63, 3.8) is 0 Å². The van der Waals surface area contributed by atoms with Crippen molar-refractivity contribution in [2.75, 3.05) is 0 Å². The minimum absolute atomic E-state index is 0.320. The molecule has 0 fully saturated rings. The Labute approximate surface area is 87.9 Å². The number of rotatable bonds is 1. The van der Waals surface area contributed by atoms with Crippen molar-refractivity contribution in [2.24, 2.45) is 0 Å². The van der Waals surface area contributed by atoms with Crippen molar-refractivity contribution in [3.05, 3.63) is 33.5 Å². The molecule has 2 N–H and O–H groups in total. The summed E-state index contributed by atoms with van der Waals surface area (Å²) in [6.45, 7) is 0. The largest absolute Gasteiger partial charge is 0.478 e. The molecule has 0 atom stereocenters. The van der Waals surface area contributed by atoms with Crippen LogP contribution in [0.3, 0.4) is 0 Å². The minimum Gasteiger partial charge on any atom is -0.478 e. The highest BCUT2D eigenvalue weighted by atomic mass is 127. The molecule has 66 valence electrons. The van der Waals surface area contributed by atoms with E-state index >= 15 is 0 Å². The molecule has 0 aliphatic carbocycles. The zero-order valence-electron chi connectivity index (χ0n) is 6.54. The van der Waals surface area contributed by atoms with Crippen LogP contribution in [0.15, 0.2) is 24.4 Å². The molecule has 4 heteroatoms. The van der Waals surface area contributed by atoms with Crippen LogP contribution in [0.1, 0.15) is 10.4 Å². The monoisotopic (exact) mass is 287 g/mol. The smallest absolute Gasteiger partial charge is 0.337 e. The Kier molecular flexibility index (Phi) is 1.99. The van der Waals surface area contributed by atoms with Crippen molar-refractivity contribution >= 4 is 39.5 Å². The number of carbonyl (C=O) groups is 1. The highest BCUT2D eigenvalue weighted by Crippen LogP contribution is 2.22. The predicted octanol–water partition coefficient (Wildman–Crippen LogP) is 2.47. The van der Waals surface area contributed by atoms with Crippen molar-refractivity contribution in [1.82, 2.24) is 4.98 Å². The molecule has 1 aromatic heterocycles. The fraction of sp³-hybridized carbons (Fsp3) is 0. The summed E-state index contributed by atoms with van der Waals surface area (Å²) in [5, 5.41) is 9.83. The van der Waals surface area contributed by atoms with Gasteiger partial charge < -0.3 is 10.1 Å². The SMILES string of the molecule is O=C(O)c1cccc2c(I)c[nH]c12. The van der Waals surface area contributed by atoms with Crippen molar-refractivity contribution in [1.29, 1.82) is 0 Å². The summed E-state index contributed by atoms with van der Waals surface area (Å²) in [4.78, 5) is 13.8. The Bertz CT molecular complexity index is 475. The second-order valence-corrected chi connectivity index (χ2v) is 3.83. The van der Waals surface area contributed by atoms with Crippen LogP contribution < -0.4 is 0 Å². The predicted molar refractivity (Wildman–Crippen MR) is 58.0 cm³/mol. The highest BCUT2D eigenvalue weighted by Gasteiger charge is 2.10. The molecule has 13 heavy (non-hydrogen) atoms. The van der Waals surface area contributed by atoms with Gasteiger partial charge in [-0.2, -0.15) is 0 Å². The van der Waals surface area contributed by atoms with Gasteiger partial charge in [-0.3, -0.25) is 0 Å². The van der Waals surface area contributed by atoms with Gasteiger partial charge >= 0.3 is 5.97 Å². The Morgan fingerprint density at radius 2 is 2.23 bits per heavy atom. The summed E-state index contributed by atoms with van der Waals surface area (Å²) >= 11 is 2.17. The van der Waals surface area contributed by atoms with Crippen LogP contribution in [0, 0.1) is 3.57 Å². The van der Waals surface area contributed by atoms with Gasteiger partial charge in [0.05, 0.1) is 11.1 Å². The van der Waals surface area contributed by atoms with Crippen LogP contribution >= 0.6 is 22.6 Å². The molecule has 3 nitrogen and oxygen atoms in total. The lowest BCUT2D eigenvalue weighted by Crippen LogP contribution is -1.96. The molecule has 0 saturated heterocycles. The van der Waals surface area contributed by atoms with Gasteiger partial charge in [0, 0.05) is 15.2 Å². The number of aromatic nitrogens is 1. The first-order valence-electron chi connectivity index (χ1n) is 3.69. The molecule has 0 aliphatic heterocycles. The fourth-order valence-electron chi connectivity index (χ4n) is 1.30. The molecule has 0 unspecified atom stereocenters. The number of H-pyrrole nitrogens is 1. The lowest BCUT2D eigenvalue weighted by Gasteiger charge is -1.95. The van der Waals surface area contributed by atoms with E-state index in [2.05, 4.69) is 27.6 Å². The zero-order chi connectivity index (χ0) is 9.42. The third-order valence-electron chi connectivity index (χ3n) is 1.90. The Hall–Kier alpha value is -1.04. The van der Waals surface area contributed by atoms with E-state index < -0.39 is 5.97 Å². The van der Waals surface area contributed by atoms with Crippen LogP contribution in [0.5, 0.6) is 0 Å². The second kappa shape index (κ2) is 3.02. The highest BCUT2D eigenvalue weighted by molar-refractivity contribution is 14.1. The average Bonchev–Trinajstić information content (AvgIpc) is 2.48. The average molecular weight is 287 g/mol. The van der Waals surface area contributed by atoms with Gasteiger partial charge in [0.2, 0.25) is 0 Å². The van der Waals surface area contributed by atoms with Crippen molar-refractivity contribution in [2.45, 2.75) is 0 Å². The van der Waals surface area contributed by atoms with Gasteiger partial charge in [-0.15, -0.1) is 0 Å². The van der Waals surface area contributed by atoms with Crippen LogP contribution in [-0.4, -0.2) is 16.1 Å². The van der Waals surface area contributed by atoms with Crippen LogP contribution in [0.2, 0.25) is 0 Å². The maximum atomic E-state index is 10.8. The van der Waals surface area contributed by atoms with Gasteiger partial charge in [0.1, 0.15) is 0 Å². The van der Waals surface area contributed by atoms with E-state index in [1.54, 1.807) is 18.3 Å². The van der Waals surface area contributed by atoms with Crippen LogP contribution in [-0.2, 0) is 0 Å². The van der Waals surface area contributed by atoms with Crippen molar-refractivity contribution < 1.29 is 9.90 Å². The molecule has 0 amide bonds. The second-order valence-electron chi connectivity index (χ2n) is 2.67. The molecule has 0 radical (unpaired) electrons.